The number of carbonyl (C=O) groups is 2. The first-order valence-corrected chi connectivity index (χ1v) is 8.13. The fourth-order valence-corrected chi connectivity index (χ4v) is 3.55. The molecule has 5 heteroatoms. The third-order valence-corrected chi connectivity index (χ3v) is 4.93. The van der Waals surface area contributed by atoms with Gasteiger partial charge in [0.25, 0.3) is 0 Å². The molecule has 1 aliphatic heterocycles. The average Bonchev–Trinajstić information content (AvgIpc) is 2.44. The first-order chi connectivity index (χ1) is 9.87. The molecule has 0 atom stereocenters. The molecule has 1 aliphatic carbocycles. The van der Waals surface area contributed by atoms with Crippen LogP contribution >= 0.6 is 0 Å². The van der Waals surface area contributed by atoms with Crippen LogP contribution in [0.25, 0.3) is 0 Å². The van der Waals surface area contributed by atoms with Crippen molar-refractivity contribution >= 4 is 12.0 Å². The van der Waals surface area contributed by atoms with Crippen LogP contribution in [0.1, 0.15) is 52.4 Å². The second kappa shape index (κ2) is 6.67. The molecule has 2 rings (SSSR count). The summed E-state index contributed by atoms with van der Waals surface area (Å²) in [6.07, 6.45) is 5.55. The maximum Gasteiger partial charge on any atom is 0.317 e. The Morgan fingerprint density at radius 3 is 2.48 bits per heavy atom. The Morgan fingerprint density at radius 2 is 1.90 bits per heavy atom. The lowest BCUT2D eigenvalue weighted by Crippen LogP contribution is -2.49. The smallest absolute Gasteiger partial charge is 0.317 e. The number of hydrogen-bond donors (Lipinski definition) is 2. The Balaban J connectivity index is 1.71. The van der Waals surface area contributed by atoms with Crippen molar-refractivity contribution in [3.05, 3.63) is 0 Å². The zero-order chi connectivity index (χ0) is 15.5. The molecule has 2 amide bonds. The second-order valence-corrected chi connectivity index (χ2v) is 7.43. The van der Waals surface area contributed by atoms with Gasteiger partial charge in [-0.05, 0) is 49.9 Å². The van der Waals surface area contributed by atoms with Gasteiger partial charge in [0.05, 0.1) is 5.92 Å². The molecule has 2 aliphatic rings. The quantitative estimate of drug-likeness (QED) is 0.841. The Bertz CT molecular complexity index is 387. The SMILES string of the molecule is CC1(C)CCCN(C(=O)NCC2CCC(C(=O)O)CC2)C1. The zero-order valence-electron chi connectivity index (χ0n) is 13.2. The molecule has 120 valence electrons. The molecule has 1 saturated carbocycles. The van der Waals surface area contributed by atoms with Crippen molar-refractivity contribution < 1.29 is 14.7 Å². The van der Waals surface area contributed by atoms with Gasteiger partial charge in [-0.1, -0.05) is 13.8 Å². The predicted molar refractivity (Wildman–Crippen MR) is 81.1 cm³/mol. The summed E-state index contributed by atoms with van der Waals surface area (Å²) in [6, 6.07) is 0.0446. The number of aliphatic carboxylic acids is 1. The summed E-state index contributed by atoms with van der Waals surface area (Å²) in [5.74, 6) is -0.421. The van der Waals surface area contributed by atoms with E-state index in [1.165, 1.54) is 6.42 Å². The largest absolute Gasteiger partial charge is 0.481 e. The number of nitrogens with zero attached hydrogens (tertiary/aromatic N) is 1. The van der Waals surface area contributed by atoms with Crippen LogP contribution in [0.5, 0.6) is 0 Å². The van der Waals surface area contributed by atoms with Crippen molar-refractivity contribution in [3.63, 3.8) is 0 Å². The summed E-state index contributed by atoms with van der Waals surface area (Å²) in [6.45, 7) is 6.77. The van der Waals surface area contributed by atoms with Gasteiger partial charge >= 0.3 is 12.0 Å². The highest BCUT2D eigenvalue weighted by Crippen LogP contribution is 2.29. The van der Waals surface area contributed by atoms with E-state index in [1.807, 2.05) is 4.90 Å². The second-order valence-electron chi connectivity index (χ2n) is 7.43. The average molecular weight is 296 g/mol. The van der Waals surface area contributed by atoms with Gasteiger partial charge in [-0.2, -0.15) is 0 Å². The lowest BCUT2D eigenvalue weighted by Gasteiger charge is -2.38. The molecule has 2 N–H and O–H groups in total. The minimum Gasteiger partial charge on any atom is -0.481 e. The van der Waals surface area contributed by atoms with Crippen LogP contribution in [-0.4, -0.2) is 41.6 Å². The number of carboxylic acid groups (broad SMARTS) is 1. The molecular weight excluding hydrogens is 268 g/mol. The van der Waals surface area contributed by atoms with E-state index in [9.17, 15) is 9.59 Å². The van der Waals surface area contributed by atoms with Crippen molar-refractivity contribution in [2.45, 2.75) is 52.4 Å². The van der Waals surface area contributed by atoms with E-state index in [-0.39, 0.29) is 17.4 Å². The fraction of sp³-hybridized carbons (Fsp3) is 0.875. The van der Waals surface area contributed by atoms with Gasteiger partial charge in [-0.25, -0.2) is 4.79 Å². The van der Waals surface area contributed by atoms with Crippen LogP contribution in [0.3, 0.4) is 0 Å². The molecule has 5 nitrogen and oxygen atoms in total. The topological polar surface area (TPSA) is 69.6 Å². The number of hydrogen-bond acceptors (Lipinski definition) is 2. The summed E-state index contributed by atoms with van der Waals surface area (Å²) in [5.41, 5.74) is 0.217. The summed E-state index contributed by atoms with van der Waals surface area (Å²) < 4.78 is 0. The number of amides is 2. The molecule has 1 saturated heterocycles. The highest BCUT2D eigenvalue weighted by molar-refractivity contribution is 5.74. The molecule has 0 unspecified atom stereocenters. The summed E-state index contributed by atoms with van der Waals surface area (Å²) >= 11 is 0. The van der Waals surface area contributed by atoms with E-state index in [1.54, 1.807) is 0 Å². The fourth-order valence-electron chi connectivity index (χ4n) is 3.55. The molecule has 0 spiro atoms. The van der Waals surface area contributed by atoms with Crippen molar-refractivity contribution in [1.29, 1.82) is 0 Å². The maximum atomic E-state index is 12.2. The molecule has 21 heavy (non-hydrogen) atoms. The van der Waals surface area contributed by atoms with E-state index in [4.69, 9.17) is 5.11 Å². The first kappa shape index (κ1) is 16.1. The highest BCUT2D eigenvalue weighted by Gasteiger charge is 2.30. The Hall–Kier alpha value is -1.26. The Labute approximate surface area is 127 Å². The van der Waals surface area contributed by atoms with Crippen LogP contribution in [-0.2, 0) is 4.79 Å². The van der Waals surface area contributed by atoms with Crippen molar-refractivity contribution in [1.82, 2.24) is 10.2 Å². The molecule has 0 aromatic rings. The van der Waals surface area contributed by atoms with Gasteiger partial charge in [0.15, 0.2) is 0 Å². The van der Waals surface area contributed by atoms with E-state index < -0.39 is 5.97 Å². The number of rotatable bonds is 3. The number of urea groups is 1. The van der Waals surface area contributed by atoms with Crippen molar-refractivity contribution in [2.24, 2.45) is 17.3 Å². The van der Waals surface area contributed by atoms with Gasteiger partial charge in [-0.3, -0.25) is 4.79 Å². The van der Waals surface area contributed by atoms with Gasteiger partial charge < -0.3 is 15.3 Å². The van der Waals surface area contributed by atoms with Crippen LogP contribution in [0.2, 0.25) is 0 Å². The van der Waals surface area contributed by atoms with Crippen molar-refractivity contribution in [2.75, 3.05) is 19.6 Å². The number of carbonyl (C=O) groups excluding carboxylic acids is 1. The molecular formula is C16H28N2O3. The predicted octanol–water partition coefficient (Wildman–Crippen LogP) is 2.71. The van der Waals surface area contributed by atoms with E-state index >= 15 is 0 Å². The third-order valence-electron chi connectivity index (χ3n) is 4.93. The van der Waals surface area contributed by atoms with E-state index in [0.29, 0.717) is 12.5 Å². The minimum absolute atomic E-state index is 0.0446. The third kappa shape index (κ3) is 4.61. The number of likely N-dealkylation sites (tertiary alicyclic amines) is 1. The molecule has 1 heterocycles. The van der Waals surface area contributed by atoms with Gasteiger partial charge in [-0.15, -0.1) is 0 Å². The molecule has 0 bridgehead atoms. The normalized spacial score (nSPS) is 29.0. The Morgan fingerprint density at radius 1 is 1.24 bits per heavy atom. The maximum absolute atomic E-state index is 12.2. The van der Waals surface area contributed by atoms with Crippen LogP contribution in [0.4, 0.5) is 4.79 Å². The molecule has 0 aromatic heterocycles. The lowest BCUT2D eigenvalue weighted by atomic mass is 9.82. The van der Waals surface area contributed by atoms with Crippen LogP contribution < -0.4 is 5.32 Å². The lowest BCUT2D eigenvalue weighted by molar-refractivity contribution is -0.143. The zero-order valence-corrected chi connectivity index (χ0v) is 13.2. The molecule has 2 fully saturated rings. The van der Waals surface area contributed by atoms with E-state index in [2.05, 4.69) is 19.2 Å². The van der Waals surface area contributed by atoms with Gasteiger partial charge in [0.2, 0.25) is 0 Å². The van der Waals surface area contributed by atoms with Crippen LogP contribution in [0, 0.1) is 17.3 Å². The number of piperidine rings is 1. The van der Waals surface area contributed by atoms with E-state index in [0.717, 1.165) is 45.2 Å². The summed E-state index contributed by atoms with van der Waals surface area (Å²) in [5, 5.41) is 12.0. The standard InChI is InChI=1S/C16H28N2O3/c1-16(2)8-3-9-18(11-16)15(21)17-10-12-4-6-13(7-5-12)14(19)20/h12-13H,3-11H2,1-2H3,(H,17,21)(H,19,20). The number of carboxylic acids is 1. The summed E-state index contributed by atoms with van der Waals surface area (Å²) in [4.78, 5) is 25.1. The monoisotopic (exact) mass is 296 g/mol. The van der Waals surface area contributed by atoms with Gasteiger partial charge in [0, 0.05) is 19.6 Å². The van der Waals surface area contributed by atoms with Crippen molar-refractivity contribution in [3.8, 4) is 0 Å². The number of nitrogens with one attached hydrogen (secondary N) is 1. The molecule has 0 radical (unpaired) electrons. The highest BCUT2D eigenvalue weighted by atomic mass is 16.4. The minimum atomic E-state index is -0.673. The first-order valence-electron chi connectivity index (χ1n) is 8.13. The summed E-state index contributed by atoms with van der Waals surface area (Å²) in [7, 11) is 0. The Kier molecular flexibility index (Phi) is 5.12. The van der Waals surface area contributed by atoms with Gasteiger partial charge in [0.1, 0.15) is 0 Å². The van der Waals surface area contributed by atoms with Crippen LogP contribution in [0.15, 0.2) is 0 Å². The molecule has 0 aromatic carbocycles.